The van der Waals surface area contributed by atoms with Gasteiger partial charge in [0.15, 0.2) is 6.29 Å². The van der Waals surface area contributed by atoms with Crippen molar-refractivity contribution in [2.75, 3.05) is 13.2 Å². The number of benzene rings is 1. The van der Waals surface area contributed by atoms with Gasteiger partial charge in [0, 0.05) is 18.8 Å². The molecule has 0 radical (unpaired) electrons. The van der Waals surface area contributed by atoms with Gasteiger partial charge in [0.2, 0.25) is 0 Å². The van der Waals surface area contributed by atoms with Crippen LogP contribution in [0.3, 0.4) is 0 Å². The molecule has 1 fully saturated rings. The molecule has 3 nitrogen and oxygen atoms in total. The van der Waals surface area contributed by atoms with Crippen molar-refractivity contribution in [3.05, 3.63) is 48.6 Å². The molecule has 0 unspecified atom stereocenters. The summed E-state index contributed by atoms with van der Waals surface area (Å²) in [5.74, 6) is 0.986. The molecule has 0 heterocycles. The Labute approximate surface area is 173 Å². The van der Waals surface area contributed by atoms with E-state index in [2.05, 4.69) is 19.2 Å². The van der Waals surface area contributed by atoms with Crippen LogP contribution in [0.2, 0.25) is 0 Å². The lowest BCUT2D eigenvalue weighted by atomic mass is 9.85. The van der Waals surface area contributed by atoms with E-state index in [9.17, 15) is 4.79 Å². The predicted molar refractivity (Wildman–Crippen MR) is 120 cm³/mol. The van der Waals surface area contributed by atoms with E-state index in [1.165, 1.54) is 56.9 Å². The van der Waals surface area contributed by atoms with Gasteiger partial charge in [-0.15, -0.1) is 13.2 Å². The highest BCUT2D eigenvalue weighted by Crippen LogP contribution is 2.28. The van der Waals surface area contributed by atoms with Gasteiger partial charge < -0.3 is 9.47 Å². The molecule has 1 aromatic rings. The zero-order chi connectivity index (χ0) is 21.0. The molecule has 1 aliphatic carbocycles. The van der Waals surface area contributed by atoms with Crippen LogP contribution in [0.1, 0.15) is 88.1 Å². The minimum absolute atomic E-state index is 0.0370. The summed E-state index contributed by atoms with van der Waals surface area (Å²) in [5, 5.41) is 0. The van der Waals surface area contributed by atoms with E-state index < -0.39 is 0 Å². The molecule has 0 bridgehead atoms. The van der Waals surface area contributed by atoms with Crippen molar-refractivity contribution in [1.82, 2.24) is 0 Å². The van der Waals surface area contributed by atoms with Gasteiger partial charge >= 0.3 is 0 Å². The molecule has 0 atom stereocenters. The molecule has 28 heavy (non-hydrogen) atoms. The summed E-state index contributed by atoms with van der Waals surface area (Å²) in [5.41, 5.74) is 2.09. The second kappa shape index (κ2) is 18.9. The molecule has 0 aromatic heterocycles. The lowest BCUT2D eigenvalue weighted by Crippen LogP contribution is -2.11. The van der Waals surface area contributed by atoms with Gasteiger partial charge in [-0.1, -0.05) is 69.2 Å². The fourth-order valence-corrected chi connectivity index (χ4v) is 3.62. The Kier molecular flexibility index (Phi) is 17.9. The number of aldehydes is 1. The largest absolute Gasteiger partial charge is 0.353 e. The Balaban J connectivity index is 0.000000618. The summed E-state index contributed by atoms with van der Waals surface area (Å²) in [6, 6.07) is 7.98. The summed E-state index contributed by atoms with van der Waals surface area (Å²) in [6.45, 7) is 13.3. The molecule has 0 saturated heterocycles. The second-order valence-corrected chi connectivity index (χ2v) is 7.04. The van der Waals surface area contributed by atoms with Crippen molar-refractivity contribution < 1.29 is 14.3 Å². The van der Waals surface area contributed by atoms with Crippen LogP contribution in [0.25, 0.3) is 0 Å². The normalized spacial score (nSPS) is 13.9. The third kappa shape index (κ3) is 12.9. The Morgan fingerprint density at radius 3 is 2.21 bits per heavy atom. The van der Waals surface area contributed by atoms with E-state index in [0.717, 1.165) is 37.4 Å². The summed E-state index contributed by atoms with van der Waals surface area (Å²) in [4.78, 5) is 10.9. The maximum Gasteiger partial charge on any atom is 0.154 e. The van der Waals surface area contributed by atoms with Crippen molar-refractivity contribution in [2.45, 2.75) is 84.8 Å². The third-order valence-corrected chi connectivity index (χ3v) is 5.02. The van der Waals surface area contributed by atoms with Crippen molar-refractivity contribution >= 4 is 6.29 Å². The Morgan fingerprint density at radius 2 is 1.64 bits per heavy atom. The number of rotatable bonds is 10. The van der Waals surface area contributed by atoms with Gasteiger partial charge in [0.1, 0.15) is 6.29 Å². The van der Waals surface area contributed by atoms with Crippen molar-refractivity contribution in [3.8, 4) is 0 Å². The Bertz CT molecular complexity index is 474. The Hall–Kier alpha value is -1.45. The first-order chi connectivity index (χ1) is 13.7. The SMILES string of the molecule is C=C.CCOC(C)OCC.O=Cc1ccccc1CCCCC1CCCCC1. The number of carbonyl (C=O) groups is 1. The first kappa shape index (κ1) is 26.6. The van der Waals surface area contributed by atoms with Gasteiger partial charge in [0.25, 0.3) is 0 Å². The van der Waals surface area contributed by atoms with Crippen LogP contribution >= 0.6 is 0 Å². The monoisotopic (exact) mass is 390 g/mol. The van der Waals surface area contributed by atoms with E-state index in [1.807, 2.05) is 39.0 Å². The van der Waals surface area contributed by atoms with Gasteiger partial charge in [-0.2, -0.15) is 0 Å². The number of aryl methyl sites for hydroxylation is 1. The van der Waals surface area contributed by atoms with E-state index in [1.54, 1.807) is 0 Å². The summed E-state index contributed by atoms with van der Waals surface area (Å²) in [6.07, 6.45) is 13.2. The average Bonchev–Trinajstić information content (AvgIpc) is 2.74. The van der Waals surface area contributed by atoms with E-state index in [0.29, 0.717) is 0 Å². The molecule has 0 aliphatic heterocycles. The van der Waals surface area contributed by atoms with Crippen LogP contribution in [-0.4, -0.2) is 25.8 Å². The molecule has 2 rings (SSSR count). The molecule has 0 spiro atoms. The summed E-state index contributed by atoms with van der Waals surface area (Å²) in [7, 11) is 0. The van der Waals surface area contributed by atoms with Gasteiger partial charge in [-0.25, -0.2) is 0 Å². The molecule has 0 N–H and O–H groups in total. The molecular weight excluding hydrogens is 348 g/mol. The maximum atomic E-state index is 10.9. The lowest BCUT2D eigenvalue weighted by molar-refractivity contribution is -0.123. The molecular formula is C25H42O3. The second-order valence-electron chi connectivity index (χ2n) is 7.04. The highest BCUT2D eigenvalue weighted by Gasteiger charge is 2.12. The average molecular weight is 391 g/mol. The molecule has 0 amide bonds. The van der Waals surface area contributed by atoms with Crippen molar-refractivity contribution in [3.63, 3.8) is 0 Å². The number of hydrogen-bond donors (Lipinski definition) is 0. The van der Waals surface area contributed by atoms with Crippen LogP contribution < -0.4 is 0 Å². The summed E-state index contributed by atoms with van der Waals surface area (Å²) < 4.78 is 10.1. The standard InChI is InChI=1S/C17H24O.C6H14O2.C2H4/c18-14-17-13-7-6-12-16(17)11-5-4-10-15-8-2-1-3-9-15;1-4-7-6(3)8-5-2;1-2/h6-7,12-15H,1-5,8-11H2;6H,4-5H2,1-3H3;1-2H2. The fourth-order valence-electron chi connectivity index (χ4n) is 3.62. The smallest absolute Gasteiger partial charge is 0.154 e. The van der Waals surface area contributed by atoms with Crippen LogP contribution in [0, 0.1) is 5.92 Å². The predicted octanol–water partition coefficient (Wildman–Crippen LogP) is 7.00. The lowest BCUT2D eigenvalue weighted by Gasteiger charge is -2.21. The zero-order valence-corrected chi connectivity index (χ0v) is 18.5. The molecule has 1 aliphatic rings. The minimum atomic E-state index is -0.0370. The van der Waals surface area contributed by atoms with Crippen LogP contribution in [-0.2, 0) is 15.9 Å². The zero-order valence-electron chi connectivity index (χ0n) is 18.5. The van der Waals surface area contributed by atoms with Crippen LogP contribution in [0.5, 0.6) is 0 Å². The van der Waals surface area contributed by atoms with E-state index in [4.69, 9.17) is 9.47 Å². The molecule has 1 saturated carbocycles. The molecule has 3 heteroatoms. The fraction of sp³-hybridized carbons (Fsp3) is 0.640. The Morgan fingerprint density at radius 1 is 1.04 bits per heavy atom. The topological polar surface area (TPSA) is 35.5 Å². The third-order valence-electron chi connectivity index (χ3n) is 5.02. The quantitative estimate of drug-likeness (QED) is 0.187. The first-order valence-electron chi connectivity index (χ1n) is 11.0. The maximum absolute atomic E-state index is 10.9. The van der Waals surface area contributed by atoms with Crippen molar-refractivity contribution in [1.29, 1.82) is 0 Å². The van der Waals surface area contributed by atoms with Gasteiger partial charge in [-0.05, 0) is 45.1 Å². The molecule has 160 valence electrons. The molecule has 1 aromatic carbocycles. The minimum Gasteiger partial charge on any atom is -0.353 e. The number of carbonyl (C=O) groups excluding carboxylic acids is 1. The van der Waals surface area contributed by atoms with Crippen molar-refractivity contribution in [2.24, 2.45) is 5.92 Å². The van der Waals surface area contributed by atoms with E-state index in [-0.39, 0.29) is 6.29 Å². The van der Waals surface area contributed by atoms with Crippen LogP contribution in [0.4, 0.5) is 0 Å². The first-order valence-corrected chi connectivity index (χ1v) is 11.0. The highest BCUT2D eigenvalue weighted by molar-refractivity contribution is 5.77. The van der Waals surface area contributed by atoms with Gasteiger partial charge in [-0.3, -0.25) is 4.79 Å². The van der Waals surface area contributed by atoms with E-state index >= 15 is 0 Å². The van der Waals surface area contributed by atoms with Crippen LogP contribution in [0.15, 0.2) is 37.4 Å². The summed E-state index contributed by atoms with van der Waals surface area (Å²) >= 11 is 0. The number of hydrogen-bond acceptors (Lipinski definition) is 3. The van der Waals surface area contributed by atoms with Gasteiger partial charge in [0.05, 0.1) is 0 Å². The highest BCUT2D eigenvalue weighted by atomic mass is 16.7. The number of ether oxygens (including phenoxy) is 2. The number of unbranched alkanes of at least 4 members (excludes halogenated alkanes) is 1.